The van der Waals surface area contributed by atoms with Crippen LogP contribution in [-0.2, 0) is 6.42 Å². The second-order valence-corrected chi connectivity index (χ2v) is 6.77. The third kappa shape index (κ3) is 4.03. The number of nitrogens with one attached hydrogen (secondary N) is 1. The van der Waals surface area contributed by atoms with E-state index in [0.29, 0.717) is 10.4 Å². The summed E-state index contributed by atoms with van der Waals surface area (Å²) in [5.41, 5.74) is 4.10. The highest BCUT2D eigenvalue weighted by Gasteiger charge is 2.26. The van der Waals surface area contributed by atoms with E-state index < -0.39 is 0 Å². The average Bonchev–Trinajstić information content (AvgIpc) is 2.48. The van der Waals surface area contributed by atoms with Crippen LogP contribution >= 0.6 is 15.9 Å². The summed E-state index contributed by atoms with van der Waals surface area (Å²) in [6.45, 7) is 2.28. The van der Waals surface area contributed by atoms with Crippen molar-refractivity contribution in [2.24, 2.45) is 17.7 Å². The largest absolute Gasteiger partial charge is 0.271 e. The van der Waals surface area contributed by atoms with Crippen molar-refractivity contribution in [3.63, 3.8) is 0 Å². The standard InChI is InChI=1S/C16H24BrFN2/c1-2-11-3-6-13(7-4-11)16(20-19)10-12-5-8-15(18)14(17)9-12/h5,8-9,11,13,16,20H,2-4,6-7,10,19H2,1H3. The van der Waals surface area contributed by atoms with Crippen LogP contribution in [0.3, 0.4) is 0 Å². The van der Waals surface area contributed by atoms with Crippen molar-refractivity contribution < 1.29 is 4.39 Å². The minimum Gasteiger partial charge on any atom is -0.271 e. The van der Waals surface area contributed by atoms with Crippen molar-refractivity contribution in [3.8, 4) is 0 Å². The Labute approximate surface area is 129 Å². The van der Waals surface area contributed by atoms with E-state index in [1.165, 1.54) is 38.2 Å². The van der Waals surface area contributed by atoms with E-state index in [0.717, 1.165) is 17.9 Å². The summed E-state index contributed by atoms with van der Waals surface area (Å²) in [6.07, 6.45) is 7.26. The molecule has 1 aromatic rings. The quantitative estimate of drug-likeness (QED) is 0.622. The van der Waals surface area contributed by atoms with Gasteiger partial charge in [-0.15, -0.1) is 0 Å². The van der Waals surface area contributed by atoms with Crippen molar-refractivity contribution in [1.82, 2.24) is 5.43 Å². The van der Waals surface area contributed by atoms with Crippen LogP contribution in [0, 0.1) is 17.7 Å². The highest BCUT2D eigenvalue weighted by molar-refractivity contribution is 9.10. The zero-order chi connectivity index (χ0) is 14.5. The molecule has 1 saturated carbocycles. The highest BCUT2D eigenvalue weighted by Crippen LogP contribution is 2.33. The third-order valence-corrected chi connectivity index (χ3v) is 5.30. The molecule has 112 valence electrons. The molecule has 0 spiro atoms. The first-order valence-electron chi connectivity index (χ1n) is 7.54. The molecule has 20 heavy (non-hydrogen) atoms. The molecule has 0 amide bonds. The number of benzene rings is 1. The van der Waals surface area contributed by atoms with Gasteiger partial charge in [-0.05, 0) is 64.7 Å². The fourth-order valence-corrected chi connectivity index (χ4v) is 3.71. The zero-order valence-corrected chi connectivity index (χ0v) is 13.6. The Hall–Kier alpha value is -0.450. The summed E-state index contributed by atoms with van der Waals surface area (Å²) in [7, 11) is 0. The lowest BCUT2D eigenvalue weighted by atomic mass is 9.76. The predicted molar refractivity (Wildman–Crippen MR) is 84.7 cm³/mol. The van der Waals surface area contributed by atoms with Crippen LogP contribution in [0.15, 0.2) is 22.7 Å². The van der Waals surface area contributed by atoms with E-state index in [2.05, 4.69) is 28.3 Å². The molecule has 0 saturated heterocycles. The van der Waals surface area contributed by atoms with Gasteiger partial charge in [-0.1, -0.05) is 32.3 Å². The number of hydrazine groups is 1. The van der Waals surface area contributed by atoms with Crippen molar-refractivity contribution in [2.45, 2.75) is 51.5 Å². The van der Waals surface area contributed by atoms with E-state index >= 15 is 0 Å². The monoisotopic (exact) mass is 342 g/mol. The summed E-state index contributed by atoms with van der Waals surface area (Å²) in [5.74, 6) is 7.06. The SMILES string of the molecule is CCC1CCC(C(Cc2ccc(F)c(Br)c2)NN)CC1. The molecule has 4 heteroatoms. The number of nitrogens with two attached hydrogens (primary N) is 1. The first-order chi connectivity index (χ1) is 9.63. The van der Waals surface area contributed by atoms with Crippen molar-refractivity contribution in [1.29, 1.82) is 0 Å². The Bertz CT molecular complexity index is 430. The molecule has 1 fully saturated rings. The van der Waals surface area contributed by atoms with Gasteiger partial charge in [-0.2, -0.15) is 0 Å². The molecule has 0 radical (unpaired) electrons. The maximum Gasteiger partial charge on any atom is 0.137 e. The third-order valence-electron chi connectivity index (χ3n) is 4.69. The zero-order valence-electron chi connectivity index (χ0n) is 12.0. The van der Waals surface area contributed by atoms with Gasteiger partial charge in [0.05, 0.1) is 4.47 Å². The van der Waals surface area contributed by atoms with Crippen LogP contribution in [0.1, 0.15) is 44.6 Å². The lowest BCUT2D eigenvalue weighted by molar-refractivity contribution is 0.217. The number of rotatable bonds is 5. The van der Waals surface area contributed by atoms with Gasteiger partial charge in [0.1, 0.15) is 5.82 Å². The minimum absolute atomic E-state index is 0.213. The van der Waals surface area contributed by atoms with E-state index in [1.54, 1.807) is 0 Å². The van der Waals surface area contributed by atoms with Crippen LogP contribution in [-0.4, -0.2) is 6.04 Å². The molecule has 0 bridgehead atoms. The molecular weight excluding hydrogens is 319 g/mol. The highest BCUT2D eigenvalue weighted by atomic mass is 79.9. The first-order valence-corrected chi connectivity index (χ1v) is 8.33. The van der Waals surface area contributed by atoms with Crippen molar-refractivity contribution in [3.05, 3.63) is 34.1 Å². The normalized spacial score (nSPS) is 24.6. The molecule has 0 heterocycles. The Morgan fingerprint density at radius 3 is 2.60 bits per heavy atom. The van der Waals surface area contributed by atoms with Crippen LogP contribution in [0.25, 0.3) is 0 Å². The van der Waals surface area contributed by atoms with Crippen molar-refractivity contribution >= 4 is 15.9 Å². The summed E-state index contributed by atoms with van der Waals surface area (Å²) in [6, 6.07) is 5.51. The molecule has 2 rings (SSSR count). The second-order valence-electron chi connectivity index (χ2n) is 5.91. The van der Waals surface area contributed by atoms with Crippen LogP contribution < -0.4 is 11.3 Å². The summed E-state index contributed by atoms with van der Waals surface area (Å²) >= 11 is 3.24. The summed E-state index contributed by atoms with van der Waals surface area (Å²) in [5, 5.41) is 0. The maximum absolute atomic E-state index is 13.3. The number of halogens is 2. The fourth-order valence-electron chi connectivity index (χ4n) is 3.28. The first kappa shape index (κ1) is 15.9. The van der Waals surface area contributed by atoms with Crippen LogP contribution in [0.5, 0.6) is 0 Å². The lowest BCUT2D eigenvalue weighted by Gasteiger charge is -2.33. The van der Waals surface area contributed by atoms with E-state index in [9.17, 15) is 4.39 Å². The summed E-state index contributed by atoms with van der Waals surface area (Å²) < 4.78 is 13.8. The molecule has 1 atom stereocenters. The molecule has 1 aliphatic carbocycles. The Balaban J connectivity index is 1.96. The van der Waals surface area contributed by atoms with E-state index in [4.69, 9.17) is 5.84 Å². The average molecular weight is 343 g/mol. The lowest BCUT2D eigenvalue weighted by Crippen LogP contribution is -2.43. The van der Waals surface area contributed by atoms with Gasteiger partial charge < -0.3 is 0 Å². The second kappa shape index (κ2) is 7.53. The van der Waals surface area contributed by atoms with E-state index in [1.807, 2.05) is 12.1 Å². The molecule has 0 aliphatic heterocycles. The number of hydrogen-bond acceptors (Lipinski definition) is 2. The molecular formula is C16H24BrFN2. The Morgan fingerprint density at radius 2 is 2.05 bits per heavy atom. The van der Waals surface area contributed by atoms with Gasteiger partial charge in [0.15, 0.2) is 0 Å². The Morgan fingerprint density at radius 1 is 1.35 bits per heavy atom. The van der Waals surface area contributed by atoms with Gasteiger partial charge in [0.2, 0.25) is 0 Å². The van der Waals surface area contributed by atoms with Crippen molar-refractivity contribution in [2.75, 3.05) is 0 Å². The molecule has 3 N–H and O–H groups in total. The van der Waals surface area contributed by atoms with Crippen LogP contribution in [0.2, 0.25) is 0 Å². The fraction of sp³-hybridized carbons (Fsp3) is 0.625. The maximum atomic E-state index is 13.3. The molecule has 1 aromatic carbocycles. The molecule has 0 aromatic heterocycles. The van der Waals surface area contributed by atoms with Gasteiger partial charge in [-0.3, -0.25) is 11.3 Å². The molecule has 1 unspecified atom stereocenters. The minimum atomic E-state index is -0.213. The van der Waals surface area contributed by atoms with Gasteiger partial charge in [0.25, 0.3) is 0 Å². The van der Waals surface area contributed by atoms with Gasteiger partial charge in [-0.25, -0.2) is 4.39 Å². The van der Waals surface area contributed by atoms with Gasteiger partial charge in [0, 0.05) is 6.04 Å². The Kier molecular flexibility index (Phi) is 6.00. The summed E-state index contributed by atoms with van der Waals surface area (Å²) in [4.78, 5) is 0. The predicted octanol–water partition coefficient (Wildman–Crippen LogP) is 4.18. The van der Waals surface area contributed by atoms with E-state index in [-0.39, 0.29) is 11.9 Å². The molecule has 2 nitrogen and oxygen atoms in total. The van der Waals surface area contributed by atoms with Gasteiger partial charge >= 0.3 is 0 Å². The number of hydrogen-bond donors (Lipinski definition) is 2. The smallest absolute Gasteiger partial charge is 0.137 e. The van der Waals surface area contributed by atoms with Crippen LogP contribution in [0.4, 0.5) is 4.39 Å². The molecule has 1 aliphatic rings. The topological polar surface area (TPSA) is 38.0 Å².